The van der Waals surface area contributed by atoms with Gasteiger partial charge in [-0.3, -0.25) is 9.59 Å². The van der Waals surface area contributed by atoms with E-state index < -0.39 is 0 Å². The first-order chi connectivity index (χ1) is 13.6. The maximum Gasteiger partial charge on any atom is 0.289 e. The Morgan fingerprint density at radius 3 is 2.54 bits per heavy atom. The lowest BCUT2D eigenvalue weighted by atomic mass is 10.1. The molecule has 1 aromatic carbocycles. The summed E-state index contributed by atoms with van der Waals surface area (Å²) in [5, 5.41) is 0. The van der Waals surface area contributed by atoms with Gasteiger partial charge in [0.15, 0.2) is 11.5 Å². The normalized spacial score (nSPS) is 13.1. The minimum Gasteiger partial charge on any atom is -0.339 e. The Balaban J connectivity index is 1.96. The Morgan fingerprint density at radius 1 is 1.11 bits per heavy atom. The molecule has 28 heavy (non-hydrogen) atoms. The molecule has 150 valence electrons. The van der Waals surface area contributed by atoms with Crippen LogP contribution in [0.25, 0.3) is 0 Å². The molecule has 6 heteroatoms. The largest absolute Gasteiger partial charge is 0.339 e. The lowest BCUT2D eigenvalue weighted by Crippen LogP contribution is -2.32. The fourth-order valence-corrected chi connectivity index (χ4v) is 3.72. The van der Waals surface area contributed by atoms with E-state index in [1.165, 1.54) is 0 Å². The smallest absolute Gasteiger partial charge is 0.289 e. The summed E-state index contributed by atoms with van der Waals surface area (Å²) in [6.07, 6.45) is 4.80. The molecule has 1 aromatic heterocycles. The van der Waals surface area contributed by atoms with Crippen LogP contribution in [0.1, 0.15) is 66.3 Å². The summed E-state index contributed by atoms with van der Waals surface area (Å²) in [4.78, 5) is 34.4. The van der Waals surface area contributed by atoms with Crippen LogP contribution in [0.15, 0.2) is 30.3 Å². The summed E-state index contributed by atoms with van der Waals surface area (Å²) in [6.45, 7) is 6.06. The minimum atomic E-state index is -0.130. The maximum absolute atomic E-state index is 13.4. The second-order valence-corrected chi connectivity index (χ2v) is 7.30. The summed E-state index contributed by atoms with van der Waals surface area (Å²) in [5.41, 5.74) is 2.18. The highest BCUT2D eigenvalue weighted by Crippen LogP contribution is 2.25. The number of rotatable bonds is 7. The van der Waals surface area contributed by atoms with Crippen molar-refractivity contribution in [2.24, 2.45) is 0 Å². The van der Waals surface area contributed by atoms with Gasteiger partial charge < -0.3 is 14.4 Å². The molecule has 0 spiro atoms. The Kier molecular flexibility index (Phi) is 6.49. The Bertz CT molecular complexity index is 829. The lowest BCUT2D eigenvalue weighted by Gasteiger charge is -2.22. The van der Waals surface area contributed by atoms with Crippen LogP contribution < -0.4 is 4.90 Å². The number of carbonyl (C=O) groups excluding carboxylic acids is 2. The molecule has 1 aliphatic rings. The number of unbranched alkanes of at least 4 members (excludes halogenated alkanes) is 1. The number of carbonyl (C=O) groups is 2. The number of hydrogen-bond donors (Lipinski definition) is 0. The van der Waals surface area contributed by atoms with E-state index in [1.807, 2.05) is 48.9 Å². The van der Waals surface area contributed by atoms with Crippen molar-refractivity contribution in [3.8, 4) is 0 Å². The van der Waals surface area contributed by atoms with Gasteiger partial charge in [0.05, 0.1) is 5.69 Å². The molecule has 2 amide bonds. The predicted octanol–water partition coefficient (Wildman–Crippen LogP) is 3.76. The van der Waals surface area contributed by atoms with Crippen molar-refractivity contribution in [3.05, 3.63) is 47.5 Å². The van der Waals surface area contributed by atoms with Crippen LogP contribution in [0, 0.1) is 0 Å². The first-order valence-corrected chi connectivity index (χ1v) is 10.3. The van der Waals surface area contributed by atoms with Crippen LogP contribution in [-0.2, 0) is 13.0 Å². The fourth-order valence-electron chi connectivity index (χ4n) is 3.72. The quantitative estimate of drug-likeness (QED) is 0.733. The lowest BCUT2D eigenvalue weighted by molar-refractivity contribution is 0.0775. The number of imidazole rings is 1. The Labute approximate surface area is 167 Å². The van der Waals surface area contributed by atoms with E-state index in [1.54, 1.807) is 9.80 Å². The van der Waals surface area contributed by atoms with Crippen LogP contribution >= 0.6 is 0 Å². The molecule has 0 unspecified atom stereocenters. The van der Waals surface area contributed by atoms with Crippen molar-refractivity contribution < 1.29 is 9.59 Å². The van der Waals surface area contributed by atoms with Crippen LogP contribution in [-0.4, -0.2) is 46.4 Å². The van der Waals surface area contributed by atoms with Crippen LogP contribution in [0.2, 0.25) is 0 Å². The summed E-state index contributed by atoms with van der Waals surface area (Å²) in [7, 11) is 1.81. The molecule has 0 bridgehead atoms. The van der Waals surface area contributed by atoms with E-state index in [0.29, 0.717) is 24.6 Å². The zero-order valence-corrected chi connectivity index (χ0v) is 17.1. The summed E-state index contributed by atoms with van der Waals surface area (Å²) < 4.78 is 1.97. The first kappa shape index (κ1) is 20.1. The highest BCUT2D eigenvalue weighted by molar-refractivity contribution is 6.06. The topological polar surface area (TPSA) is 58.4 Å². The number of aromatic nitrogens is 2. The SMILES string of the molecule is CCCCN(C)C(=O)c1nc(C(=O)N(CC)c2ccccc2)c2n1CCCC2. The second kappa shape index (κ2) is 9.04. The van der Waals surface area contributed by atoms with Gasteiger partial charge in [-0.25, -0.2) is 4.98 Å². The number of benzene rings is 1. The van der Waals surface area contributed by atoms with Gasteiger partial charge in [0, 0.05) is 32.4 Å². The Morgan fingerprint density at radius 2 is 1.86 bits per heavy atom. The number of anilines is 1. The number of nitrogens with zero attached hydrogens (tertiary/aromatic N) is 4. The monoisotopic (exact) mass is 382 g/mol. The molecule has 0 N–H and O–H groups in total. The molecular formula is C22H30N4O2. The third-order valence-electron chi connectivity index (χ3n) is 5.33. The molecule has 0 aliphatic carbocycles. The van der Waals surface area contributed by atoms with Gasteiger partial charge in [-0.2, -0.15) is 0 Å². The van der Waals surface area contributed by atoms with Crippen molar-refractivity contribution in [1.82, 2.24) is 14.5 Å². The van der Waals surface area contributed by atoms with Crippen LogP contribution in [0.4, 0.5) is 5.69 Å². The minimum absolute atomic E-state index is 0.0987. The zero-order valence-electron chi connectivity index (χ0n) is 17.1. The first-order valence-electron chi connectivity index (χ1n) is 10.3. The highest BCUT2D eigenvalue weighted by atomic mass is 16.2. The van der Waals surface area contributed by atoms with Gasteiger partial charge in [-0.1, -0.05) is 31.5 Å². The number of para-hydroxylation sites is 1. The molecule has 6 nitrogen and oxygen atoms in total. The van der Waals surface area contributed by atoms with Crippen molar-refractivity contribution in [2.45, 2.75) is 52.5 Å². The standard InChI is InChI=1S/C22H30N4O2/c1-4-6-15-24(3)22(28)20-23-19(18-14-10-11-16-26(18)20)21(27)25(5-2)17-12-8-7-9-13-17/h7-9,12-13H,4-6,10-11,14-16H2,1-3H3. The summed E-state index contributed by atoms with van der Waals surface area (Å²) in [6, 6.07) is 9.63. The molecule has 0 saturated heterocycles. The fraction of sp³-hybridized carbons (Fsp3) is 0.500. The van der Waals surface area contributed by atoms with Gasteiger partial charge in [0.2, 0.25) is 0 Å². The number of hydrogen-bond acceptors (Lipinski definition) is 3. The second-order valence-electron chi connectivity index (χ2n) is 7.30. The van der Waals surface area contributed by atoms with Crippen molar-refractivity contribution in [3.63, 3.8) is 0 Å². The average Bonchev–Trinajstić information content (AvgIpc) is 3.12. The van der Waals surface area contributed by atoms with E-state index in [-0.39, 0.29) is 11.8 Å². The van der Waals surface area contributed by atoms with Crippen molar-refractivity contribution in [1.29, 1.82) is 0 Å². The van der Waals surface area contributed by atoms with Crippen LogP contribution in [0.3, 0.4) is 0 Å². The number of fused-ring (bicyclic) bond motifs is 1. The molecule has 1 aliphatic heterocycles. The molecule has 3 rings (SSSR count). The molecule has 0 radical (unpaired) electrons. The molecule has 0 fully saturated rings. The van der Waals surface area contributed by atoms with E-state index in [9.17, 15) is 9.59 Å². The third-order valence-corrected chi connectivity index (χ3v) is 5.33. The number of amides is 2. The molecule has 0 atom stereocenters. The van der Waals surface area contributed by atoms with Gasteiger partial charge in [-0.05, 0) is 44.7 Å². The predicted molar refractivity (Wildman–Crippen MR) is 111 cm³/mol. The summed E-state index contributed by atoms with van der Waals surface area (Å²) in [5.74, 6) is 0.175. The van der Waals surface area contributed by atoms with Gasteiger partial charge in [0.1, 0.15) is 0 Å². The van der Waals surface area contributed by atoms with E-state index in [0.717, 1.165) is 50.0 Å². The average molecular weight is 383 g/mol. The van der Waals surface area contributed by atoms with Gasteiger partial charge in [0.25, 0.3) is 11.8 Å². The Hall–Kier alpha value is -2.63. The molecular weight excluding hydrogens is 352 g/mol. The van der Waals surface area contributed by atoms with E-state index >= 15 is 0 Å². The van der Waals surface area contributed by atoms with Gasteiger partial charge >= 0.3 is 0 Å². The third kappa shape index (κ3) is 3.96. The molecule has 2 aromatic rings. The highest BCUT2D eigenvalue weighted by Gasteiger charge is 2.30. The van der Waals surface area contributed by atoms with Crippen molar-refractivity contribution >= 4 is 17.5 Å². The maximum atomic E-state index is 13.4. The zero-order chi connectivity index (χ0) is 20.1. The van der Waals surface area contributed by atoms with Crippen molar-refractivity contribution in [2.75, 3.05) is 25.0 Å². The van der Waals surface area contributed by atoms with E-state index in [4.69, 9.17) is 0 Å². The molecule has 0 saturated carbocycles. The summed E-state index contributed by atoms with van der Waals surface area (Å²) >= 11 is 0. The van der Waals surface area contributed by atoms with Gasteiger partial charge in [-0.15, -0.1) is 0 Å². The molecule has 2 heterocycles. The van der Waals surface area contributed by atoms with E-state index in [2.05, 4.69) is 11.9 Å². The van der Waals surface area contributed by atoms with Crippen LogP contribution in [0.5, 0.6) is 0 Å².